The van der Waals surface area contributed by atoms with Gasteiger partial charge in [-0.1, -0.05) is 30.3 Å². The van der Waals surface area contributed by atoms with Crippen LogP contribution in [0.1, 0.15) is 23.4 Å². The second-order valence-corrected chi connectivity index (χ2v) is 6.25. The minimum atomic E-state index is -0.994. The first-order valence-corrected chi connectivity index (χ1v) is 8.37. The summed E-state index contributed by atoms with van der Waals surface area (Å²) in [7, 11) is 0. The highest BCUT2D eigenvalue weighted by molar-refractivity contribution is 5.84. The lowest BCUT2D eigenvalue weighted by Crippen LogP contribution is -2.26. The van der Waals surface area contributed by atoms with E-state index >= 15 is 0 Å². The molecule has 2 heterocycles. The van der Waals surface area contributed by atoms with E-state index in [2.05, 4.69) is 44.5 Å². The minimum absolute atomic E-state index is 0.345. The molecular formula is C19H22N4O2. The van der Waals surface area contributed by atoms with Crippen LogP contribution < -0.4 is 5.32 Å². The molecule has 1 aromatic heterocycles. The lowest BCUT2D eigenvalue weighted by molar-refractivity contribution is -0.131. The van der Waals surface area contributed by atoms with Crippen LogP contribution in [0.3, 0.4) is 0 Å². The number of rotatable bonds is 6. The van der Waals surface area contributed by atoms with Gasteiger partial charge in [0.25, 0.3) is 0 Å². The Kier molecular flexibility index (Phi) is 5.40. The normalized spacial score (nSPS) is 17.9. The Morgan fingerprint density at radius 2 is 2.20 bits per heavy atom. The summed E-state index contributed by atoms with van der Waals surface area (Å²) in [5.41, 5.74) is 2.64. The van der Waals surface area contributed by atoms with E-state index in [1.54, 1.807) is 6.20 Å². The highest BCUT2D eigenvalue weighted by atomic mass is 16.4. The van der Waals surface area contributed by atoms with Crippen LogP contribution in [0, 0.1) is 6.92 Å². The maximum atomic E-state index is 10.6. The predicted octanol–water partition coefficient (Wildman–Crippen LogP) is 2.57. The van der Waals surface area contributed by atoms with Crippen LogP contribution in [0.25, 0.3) is 6.08 Å². The highest BCUT2D eigenvalue weighted by Crippen LogP contribution is 2.18. The zero-order chi connectivity index (χ0) is 17.6. The lowest BCUT2D eigenvalue weighted by atomic mass is 10.2. The molecule has 0 aliphatic carbocycles. The van der Waals surface area contributed by atoms with E-state index in [0.29, 0.717) is 11.7 Å². The van der Waals surface area contributed by atoms with Gasteiger partial charge in [0.2, 0.25) is 0 Å². The van der Waals surface area contributed by atoms with Gasteiger partial charge in [0, 0.05) is 31.8 Å². The summed E-state index contributed by atoms with van der Waals surface area (Å²) in [6, 6.07) is 10.8. The maximum Gasteiger partial charge on any atom is 0.328 e. The number of benzene rings is 1. The molecule has 3 rings (SSSR count). The zero-order valence-electron chi connectivity index (χ0n) is 14.2. The fraction of sp³-hybridized carbons (Fsp3) is 0.316. The van der Waals surface area contributed by atoms with Crippen molar-refractivity contribution in [1.82, 2.24) is 14.9 Å². The van der Waals surface area contributed by atoms with Crippen molar-refractivity contribution in [2.24, 2.45) is 0 Å². The average molecular weight is 338 g/mol. The highest BCUT2D eigenvalue weighted by Gasteiger charge is 2.23. The van der Waals surface area contributed by atoms with Crippen molar-refractivity contribution >= 4 is 17.9 Å². The molecule has 0 saturated carbocycles. The lowest BCUT2D eigenvalue weighted by Gasteiger charge is -2.17. The summed E-state index contributed by atoms with van der Waals surface area (Å²) >= 11 is 0. The Balaban J connectivity index is 1.57. The molecule has 0 bridgehead atoms. The van der Waals surface area contributed by atoms with Crippen LogP contribution >= 0.6 is 0 Å². The molecule has 6 nitrogen and oxygen atoms in total. The molecule has 0 radical (unpaired) electrons. The van der Waals surface area contributed by atoms with Gasteiger partial charge in [-0.15, -0.1) is 0 Å². The van der Waals surface area contributed by atoms with Gasteiger partial charge in [-0.2, -0.15) is 0 Å². The van der Waals surface area contributed by atoms with Crippen molar-refractivity contribution < 1.29 is 9.90 Å². The van der Waals surface area contributed by atoms with Gasteiger partial charge in [-0.05, 0) is 25.0 Å². The summed E-state index contributed by atoms with van der Waals surface area (Å²) in [4.78, 5) is 21.8. The number of likely N-dealkylation sites (tertiary alicyclic amines) is 1. The number of hydrogen-bond donors (Lipinski definition) is 2. The largest absolute Gasteiger partial charge is 0.478 e. The van der Waals surface area contributed by atoms with E-state index in [1.807, 2.05) is 13.0 Å². The Labute approximate surface area is 147 Å². The molecule has 1 atom stereocenters. The summed E-state index contributed by atoms with van der Waals surface area (Å²) in [5.74, 6) is -0.231. The number of hydrogen-bond acceptors (Lipinski definition) is 5. The molecule has 2 aromatic rings. The van der Waals surface area contributed by atoms with Crippen molar-refractivity contribution in [3.05, 3.63) is 59.6 Å². The van der Waals surface area contributed by atoms with Crippen LogP contribution in [0.2, 0.25) is 0 Å². The van der Waals surface area contributed by atoms with Crippen molar-refractivity contribution in [1.29, 1.82) is 0 Å². The number of aliphatic carboxylic acids is 1. The third kappa shape index (κ3) is 4.87. The van der Waals surface area contributed by atoms with Gasteiger partial charge < -0.3 is 10.4 Å². The van der Waals surface area contributed by atoms with Gasteiger partial charge in [-0.25, -0.2) is 14.8 Å². The molecule has 1 aliphatic rings. The Morgan fingerprint density at radius 3 is 2.92 bits per heavy atom. The summed E-state index contributed by atoms with van der Waals surface area (Å²) in [5, 5.41) is 12.1. The number of anilines is 1. The molecule has 2 N–H and O–H groups in total. The Morgan fingerprint density at radius 1 is 1.40 bits per heavy atom. The number of nitrogens with one attached hydrogen (secondary N) is 1. The van der Waals surface area contributed by atoms with Crippen LogP contribution in [-0.2, 0) is 11.3 Å². The summed E-state index contributed by atoms with van der Waals surface area (Å²) in [6.07, 6.45) is 5.17. The number of aromatic nitrogens is 2. The second-order valence-electron chi connectivity index (χ2n) is 6.25. The quantitative estimate of drug-likeness (QED) is 0.788. The first kappa shape index (κ1) is 17.1. The Hall–Kier alpha value is -2.73. The minimum Gasteiger partial charge on any atom is -0.478 e. The average Bonchev–Trinajstić information content (AvgIpc) is 3.03. The maximum absolute atomic E-state index is 10.6. The van der Waals surface area contributed by atoms with Crippen molar-refractivity contribution in [2.75, 3.05) is 18.4 Å². The molecule has 130 valence electrons. The van der Waals surface area contributed by atoms with E-state index in [0.717, 1.165) is 43.6 Å². The number of aryl methyl sites for hydroxylation is 1. The zero-order valence-corrected chi connectivity index (χ0v) is 14.2. The van der Waals surface area contributed by atoms with E-state index in [1.165, 1.54) is 11.6 Å². The molecule has 1 fully saturated rings. The fourth-order valence-electron chi connectivity index (χ4n) is 3.01. The molecule has 25 heavy (non-hydrogen) atoms. The van der Waals surface area contributed by atoms with E-state index in [-0.39, 0.29) is 0 Å². The fourth-order valence-corrected chi connectivity index (χ4v) is 3.01. The summed E-state index contributed by atoms with van der Waals surface area (Å²) in [6.45, 7) is 4.86. The predicted molar refractivity (Wildman–Crippen MR) is 97.2 cm³/mol. The molecule has 6 heteroatoms. The van der Waals surface area contributed by atoms with Crippen molar-refractivity contribution in [2.45, 2.75) is 25.9 Å². The molecule has 1 aliphatic heterocycles. The third-order valence-corrected chi connectivity index (χ3v) is 4.22. The van der Waals surface area contributed by atoms with Crippen LogP contribution in [0.15, 0.2) is 42.6 Å². The van der Waals surface area contributed by atoms with E-state index in [9.17, 15) is 4.79 Å². The number of carboxylic acid groups (broad SMARTS) is 1. The van der Waals surface area contributed by atoms with Gasteiger partial charge in [0.15, 0.2) is 0 Å². The molecule has 1 aromatic carbocycles. The van der Waals surface area contributed by atoms with Gasteiger partial charge in [0.1, 0.15) is 5.82 Å². The SMILES string of the molecule is Cc1nc(C=CC(=O)O)cnc1N[C@@H]1CCN(Cc2ccccc2)C1. The Bertz CT molecular complexity index is 761. The summed E-state index contributed by atoms with van der Waals surface area (Å²) < 4.78 is 0. The number of nitrogens with zero attached hydrogens (tertiary/aromatic N) is 3. The van der Waals surface area contributed by atoms with Crippen LogP contribution in [0.5, 0.6) is 0 Å². The monoisotopic (exact) mass is 338 g/mol. The van der Waals surface area contributed by atoms with E-state index < -0.39 is 5.97 Å². The smallest absolute Gasteiger partial charge is 0.328 e. The van der Waals surface area contributed by atoms with Gasteiger partial charge in [-0.3, -0.25) is 4.90 Å². The standard InChI is InChI=1S/C19H22N4O2/c1-14-19(20-11-16(21-14)7-8-18(24)25)22-17-9-10-23(13-17)12-15-5-3-2-4-6-15/h2-8,11,17H,9-10,12-13H2,1H3,(H,20,22)(H,24,25)/t17-/m1/s1. The second kappa shape index (κ2) is 7.90. The molecule has 1 saturated heterocycles. The van der Waals surface area contributed by atoms with Crippen molar-refractivity contribution in [3.8, 4) is 0 Å². The first-order valence-electron chi connectivity index (χ1n) is 8.37. The topological polar surface area (TPSA) is 78.3 Å². The molecule has 0 unspecified atom stereocenters. The third-order valence-electron chi connectivity index (χ3n) is 4.22. The van der Waals surface area contributed by atoms with Crippen molar-refractivity contribution in [3.63, 3.8) is 0 Å². The van der Waals surface area contributed by atoms with Gasteiger partial charge in [0.05, 0.1) is 17.6 Å². The van der Waals surface area contributed by atoms with Crippen LogP contribution in [0.4, 0.5) is 5.82 Å². The number of carbonyl (C=O) groups is 1. The van der Waals surface area contributed by atoms with E-state index in [4.69, 9.17) is 5.11 Å². The number of carboxylic acids is 1. The molecule has 0 amide bonds. The van der Waals surface area contributed by atoms with Crippen LogP contribution in [-0.4, -0.2) is 45.1 Å². The first-order chi connectivity index (χ1) is 12.1. The molecular weight excluding hydrogens is 316 g/mol. The van der Waals surface area contributed by atoms with Gasteiger partial charge >= 0.3 is 5.97 Å². The molecule has 0 spiro atoms.